The third kappa shape index (κ3) is 6.26. The summed E-state index contributed by atoms with van der Waals surface area (Å²) in [6.45, 7) is 2.15. The van der Waals surface area contributed by atoms with Gasteiger partial charge in [0.15, 0.2) is 5.82 Å². The summed E-state index contributed by atoms with van der Waals surface area (Å²) in [6, 6.07) is 19.2. The number of aryl methyl sites for hydroxylation is 1. The van der Waals surface area contributed by atoms with Crippen LogP contribution in [0.1, 0.15) is 32.7 Å². The summed E-state index contributed by atoms with van der Waals surface area (Å²) in [5.41, 5.74) is 1.64. The predicted molar refractivity (Wildman–Crippen MR) is 123 cm³/mol. The number of halogens is 4. The van der Waals surface area contributed by atoms with Crippen LogP contribution in [0.4, 0.5) is 23.4 Å². The number of ether oxygens (including phenoxy) is 1. The quantitative estimate of drug-likeness (QED) is 0.317. The van der Waals surface area contributed by atoms with Crippen molar-refractivity contribution in [2.24, 2.45) is 0 Å². The van der Waals surface area contributed by atoms with Crippen molar-refractivity contribution >= 4 is 11.7 Å². The fraction of sp³-hybridized carbons (Fsp3) is 0.154. The lowest BCUT2D eigenvalue weighted by atomic mass is 10.1. The Morgan fingerprint density at radius 1 is 0.971 bits per heavy atom. The highest BCUT2D eigenvalue weighted by molar-refractivity contribution is 6.03. The van der Waals surface area contributed by atoms with Crippen molar-refractivity contribution in [1.29, 1.82) is 0 Å². The highest BCUT2D eigenvalue weighted by Crippen LogP contribution is 2.29. The first-order valence-corrected chi connectivity index (χ1v) is 10.7. The minimum Gasteiger partial charge on any atom is -0.489 e. The Balaban J connectivity index is 1.37. The summed E-state index contributed by atoms with van der Waals surface area (Å²) in [5.74, 6) is 0.107. The highest BCUT2D eigenvalue weighted by Gasteiger charge is 2.30. The van der Waals surface area contributed by atoms with E-state index in [0.717, 1.165) is 17.7 Å². The number of anilines is 1. The van der Waals surface area contributed by atoms with Gasteiger partial charge >= 0.3 is 6.18 Å². The molecule has 0 fully saturated rings. The van der Waals surface area contributed by atoms with Crippen LogP contribution in [-0.2, 0) is 19.3 Å². The predicted octanol–water partition coefficient (Wildman–Crippen LogP) is 6.23. The number of nitrogens with one attached hydrogen (secondary N) is 1. The van der Waals surface area contributed by atoms with Crippen molar-refractivity contribution < 1.29 is 27.1 Å². The third-order valence-electron chi connectivity index (χ3n) is 5.24. The van der Waals surface area contributed by atoms with Crippen molar-refractivity contribution in [3.05, 3.63) is 113 Å². The molecule has 0 atom stereocenters. The van der Waals surface area contributed by atoms with Gasteiger partial charge in [0.05, 0.1) is 12.1 Å². The molecular formula is C26H21F4N3O2. The fourth-order valence-electron chi connectivity index (χ4n) is 3.39. The second-order valence-electron chi connectivity index (χ2n) is 7.92. The Morgan fingerprint density at radius 3 is 2.37 bits per heavy atom. The normalized spacial score (nSPS) is 11.3. The van der Waals surface area contributed by atoms with E-state index in [1.54, 1.807) is 43.3 Å². The van der Waals surface area contributed by atoms with E-state index in [9.17, 15) is 22.4 Å². The van der Waals surface area contributed by atoms with Gasteiger partial charge in [-0.2, -0.15) is 18.3 Å². The summed E-state index contributed by atoms with van der Waals surface area (Å²) >= 11 is 0. The number of benzene rings is 3. The van der Waals surface area contributed by atoms with Crippen LogP contribution in [-0.4, -0.2) is 15.7 Å². The molecule has 5 nitrogen and oxygen atoms in total. The van der Waals surface area contributed by atoms with Gasteiger partial charge in [-0.25, -0.2) is 4.39 Å². The van der Waals surface area contributed by atoms with Gasteiger partial charge in [0, 0.05) is 17.3 Å². The standard InChI is InChI=1S/C26H21F4N3O2/c1-17-13-24(32-33(17)15-19-3-2-4-21(14-19)26(28,29)30)31-25(34)20-7-5-18(6-8-20)16-35-23-11-9-22(27)10-12-23/h2-14H,15-16H2,1H3,(H,31,32,34). The molecule has 0 radical (unpaired) electrons. The molecule has 1 aromatic heterocycles. The largest absolute Gasteiger partial charge is 0.489 e. The van der Waals surface area contributed by atoms with E-state index in [-0.39, 0.29) is 24.9 Å². The first-order chi connectivity index (χ1) is 16.7. The summed E-state index contributed by atoms with van der Waals surface area (Å²) in [6.07, 6.45) is -4.42. The molecule has 4 rings (SSSR count). The number of nitrogens with zero attached hydrogens (tertiary/aromatic N) is 2. The lowest BCUT2D eigenvalue weighted by Gasteiger charge is -2.09. The average Bonchev–Trinajstić information content (AvgIpc) is 3.17. The van der Waals surface area contributed by atoms with E-state index < -0.39 is 11.7 Å². The molecule has 1 amide bonds. The monoisotopic (exact) mass is 483 g/mol. The van der Waals surface area contributed by atoms with E-state index in [0.29, 0.717) is 28.4 Å². The molecular weight excluding hydrogens is 462 g/mol. The molecule has 4 aromatic rings. The van der Waals surface area contributed by atoms with Crippen molar-refractivity contribution in [3.63, 3.8) is 0 Å². The first-order valence-electron chi connectivity index (χ1n) is 10.7. The Hall–Kier alpha value is -4.14. The summed E-state index contributed by atoms with van der Waals surface area (Å²) < 4.78 is 59.0. The molecule has 0 saturated carbocycles. The van der Waals surface area contributed by atoms with Crippen LogP contribution in [0.5, 0.6) is 5.75 Å². The van der Waals surface area contributed by atoms with Crippen LogP contribution < -0.4 is 10.1 Å². The minimum atomic E-state index is -4.42. The highest BCUT2D eigenvalue weighted by atomic mass is 19.4. The van der Waals surface area contributed by atoms with Crippen LogP contribution in [0.3, 0.4) is 0 Å². The van der Waals surface area contributed by atoms with Gasteiger partial charge in [0.25, 0.3) is 5.91 Å². The van der Waals surface area contributed by atoms with Crippen molar-refractivity contribution in [2.45, 2.75) is 26.3 Å². The number of carbonyl (C=O) groups is 1. The number of alkyl halides is 3. The van der Waals surface area contributed by atoms with Crippen molar-refractivity contribution in [1.82, 2.24) is 9.78 Å². The van der Waals surface area contributed by atoms with Crippen LogP contribution in [0.2, 0.25) is 0 Å². The van der Waals surface area contributed by atoms with Gasteiger partial charge in [0.1, 0.15) is 18.2 Å². The number of aromatic nitrogens is 2. The van der Waals surface area contributed by atoms with Gasteiger partial charge in [-0.05, 0) is 66.6 Å². The topological polar surface area (TPSA) is 56.1 Å². The van der Waals surface area contributed by atoms with Crippen molar-refractivity contribution in [2.75, 3.05) is 5.32 Å². The molecule has 180 valence electrons. The van der Waals surface area contributed by atoms with E-state index >= 15 is 0 Å². The molecule has 9 heteroatoms. The minimum absolute atomic E-state index is 0.133. The Labute approximate surface area is 199 Å². The first kappa shape index (κ1) is 24.0. The molecule has 1 N–H and O–H groups in total. The number of hydrogen-bond donors (Lipinski definition) is 1. The Morgan fingerprint density at radius 2 is 1.69 bits per heavy atom. The molecule has 0 spiro atoms. The number of rotatable bonds is 7. The molecule has 35 heavy (non-hydrogen) atoms. The molecule has 3 aromatic carbocycles. The van der Waals surface area contributed by atoms with Crippen LogP contribution in [0.25, 0.3) is 0 Å². The second kappa shape index (κ2) is 10.0. The van der Waals surface area contributed by atoms with Crippen LogP contribution >= 0.6 is 0 Å². The van der Waals surface area contributed by atoms with E-state index in [2.05, 4.69) is 10.4 Å². The fourth-order valence-corrected chi connectivity index (χ4v) is 3.39. The van der Waals surface area contributed by atoms with Crippen molar-refractivity contribution in [3.8, 4) is 5.75 Å². The summed E-state index contributed by atoms with van der Waals surface area (Å²) in [5, 5.41) is 7.01. The SMILES string of the molecule is Cc1cc(NC(=O)c2ccc(COc3ccc(F)cc3)cc2)nn1Cc1cccc(C(F)(F)F)c1. The van der Waals surface area contributed by atoms with Crippen LogP contribution in [0.15, 0.2) is 78.9 Å². The molecule has 0 aliphatic heterocycles. The maximum Gasteiger partial charge on any atom is 0.416 e. The Kier molecular flexibility index (Phi) is 6.86. The lowest BCUT2D eigenvalue weighted by molar-refractivity contribution is -0.137. The molecule has 0 aliphatic rings. The molecule has 1 heterocycles. The number of amides is 1. The van der Waals surface area contributed by atoms with Gasteiger partial charge in [-0.3, -0.25) is 9.48 Å². The molecule has 0 bridgehead atoms. The zero-order valence-electron chi connectivity index (χ0n) is 18.6. The molecule has 0 unspecified atom stereocenters. The van der Waals surface area contributed by atoms with E-state index in [1.165, 1.54) is 35.0 Å². The van der Waals surface area contributed by atoms with Crippen LogP contribution in [0, 0.1) is 12.7 Å². The third-order valence-corrected chi connectivity index (χ3v) is 5.24. The van der Waals surface area contributed by atoms with E-state index in [4.69, 9.17) is 4.74 Å². The lowest BCUT2D eigenvalue weighted by Crippen LogP contribution is -2.13. The average molecular weight is 483 g/mol. The number of carbonyl (C=O) groups excluding carboxylic acids is 1. The Bertz CT molecular complexity index is 1310. The summed E-state index contributed by atoms with van der Waals surface area (Å²) in [4.78, 5) is 12.6. The second-order valence-corrected chi connectivity index (χ2v) is 7.92. The molecule has 0 saturated heterocycles. The zero-order valence-corrected chi connectivity index (χ0v) is 18.6. The van der Waals surface area contributed by atoms with Gasteiger partial charge < -0.3 is 10.1 Å². The number of hydrogen-bond acceptors (Lipinski definition) is 3. The smallest absolute Gasteiger partial charge is 0.416 e. The van der Waals surface area contributed by atoms with E-state index in [1.807, 2.05) is 0 Å². The maximum absolute atomic E-state index is 13.0. The van der Waals surface area contributed by atoms with Gasteiger partial charge in [0.2, 0.25) is 0 Å². The zero-order chi connectivity index (χ0) is 25.0. The molecule has 0 aliphatic carbocycles. The maximum atomic E-state index is 13.0. The summed E-state index contributed by atoms with van der Waals surface area (Å²) in [7, 11) is 0. The van der Waals surface area contributed by atoms with Gasteiger partial charge in [-0.1, -0.05) is 24.3 Å². The van der Waals surface area contributed by atoms with Gasteiger partial charge in [-0.15, -0.1) is 0 Å².